The smallest absolute Gasteiger partial charge is 0.428 e. The van der Waals surface area contributed by atoms with Crippen LogP contribution in [0.15, 0.2) is 29.4 Å². The van der Waals surface area contributed by atoms with Gasteiger partial charge in [-0.05, 0) is 46.8 Å². The molecule has 0 spiro atoms. The van der Waals surface area contributed by atoms with Gasteiger partial charge in [0.25, 0.3) is 0 Å². The van der Waals surface area contributed by atoms with E-state index in [1.54, 1.807) is 20.8 Å². The predicted molar refractivity (Wildman–Crippen MR) is 79.2 cm³/mol. The molecule has 1 rings (SSSR count). The normalized spacial score (nSPS) is 11.7. The monoisotopic (exact) mass is 278 g/mol. The summed E-state index contributed by atoms with van der Waals surface area (Å²) >= 11 is 0. The molecule has 1 aromatic carbocycles. The molecule has 1 aromatic rings. The van der Waals surface area contributed by atoms with Gasteiger partial charge in [0, 0.05) is 5.56 Å². The zero-order valence-electron chi connectivity index (χ0n) is 12.6. The molecule has 1 N–H and O–H groups in total. The highest BCUT2D eigenvalue weighted by molar-refractivity contribution is 5.84. The number of para-hydroxylation sites is 1. The van der Waals surface area contributed by atoms with Crippen molar-refractivity contribution in [2.24, 2.45) is 5.10 Å². The van der Waals surface area contributed by atoms with Crippen LogP contribution in [-0.2, 0) is 4.74 Å². The van der Waals surface area contributed by atoms with Crippen LogP contribution in [0.4, 0.5) is 4.79 Å². The predicted octanol–water partition coefficient (Wildman–Crippen LogP) is 3.33. The van der Waals surface area contributed by atoms with Gasteiger partial charge in [0.2, 0.25) is 0 Å². The van der Waals surface area contributed by atoms with Crippen molar-refractivity contribution in [2.75, 3.05) is 0 Å². The number of nitrogens with one attached hydrogen (secondary N) is 1. The van der Waals surface area contributed by atoms with Crippen molar-refractivity contribution < 1.29 is 14.3 Å². The molecule has 0 saturated carbocycles. The number of amides is 1. The van der Waals surface area contributed by atoms with Crippen molar-refractivity contribution in [3.63, 3.8) is 0 Å². The first-order chi connectivity index (χ1) is 9.28. The summed E-state index contributed by atoms with van der Waals surface area (Å²) in [4.78, 5) is 11.4. The van der Waals surface area contributed by atoms with Gasteiger partial charge in [-0.25, -0.2) is 10.2 Å². The van der Waals surface area contributed by atoms with E-state index in [2.05, 4.69) is 10.5 Å². The third-order valence-electron chi connectivity index (χ3n) is 2.04. The SMILES string of the molecule is CC(C)Oc1ccccc1/C=N/NC(=O)OC(C)(C)C. The Morgan fingerprint density at radius 2 is 1.95 bits per heavy atom. The Morgan fingerprint density at radius 3 is 2.55 bits per heavy atom. The van der Waals surface area contributed by atoms with E-state index in [0.717, 1.165) is 11.3 Å². The number of carbonyl (C=O) groups is 1. The van der Waals surface area contributed by atoms with Crippen LogP contribution in [-0.4, -0.2) is 24.0 Å². The quantitative estimate of drug-likeness (QED) is 0.679. The van der Waals surface area contributed by atoms with Crippen molar-refractivity contribution in [3.05, 3.63) is 29.8 Å². The summed E-state index contributed by atoms with van der Waals surface area (Å²) in [6, 6.07) is 7.48. The van der Waals surface area contributed by atoms with Crippen molar-refractivity contribution >= 4 is 12.3 Å². The Morgan fingerprint density at radius 1 is 1.30 bits per heavy atom. The van der Waals surface area contributed by atoms with E-state index in [-0.39, 0.29) is 6.10 Å². The molecule has 0 aliphatic heterocycles. The molecule has 5 heteroatoms. The average Bonchev–Trinajstić information content (AvgIpc) is 2.28. The van der Waals surface area contributed by atoms with Crippen molar-refractivity contribution in [1.29, 1.82) is 0 Å². The summed E-state index contributed by atoms with van der Waals surface area (Å²) < 4.78 is 10.7. The van der Waals surface area contributed by atoms with Gasteiger partial charge in [-0.1, -0.05) is 12.1 Å². The number of hydrogen-bond acceptors (Lipinski definition) is 4. The van der Waals surface area contributed by atoms with Crippen LogP contribution in [0.2, 0.25) is 0 Å². The maximum Gasteiger partial charge on any atom is 0.428 e. The second-order valence-corrected chi connectivity index (χ2v) is 5.58. The highest BCUT2D eigenvalue weighted by Gasteiger charge is 2.15. The van der Waals surface area contributed by atoms with Gasteiger partial charge in [0.1, 0.15) is 11.4 Å². The van der Waals surface area contributed by atoms with E-state index in [9.17, 15) is 4.79 Å². The Hall–Kier alpha value is -2.04. The second-order valence-electron chi connectivity index (χ2n) is 5.58. The molecule has 0 bridgehead atoms. The molecule has 0 aliphatic rings. The summed E-state index contributed by atoms with van der Waals surface area (Å²) in [5.74, 6) is 0.720. The zero-order chi connectivity index (χ0) is 15.2. The standard InChI is InChI=1S/C15H22N2O3/c1-11(2)19-13-9-7-6-8-12(13)10-16-17-14(18)20-15(3,4)5/h6-11H,1-5H3,(H,17,18)/b16-10+. The number of nitrogens with zero attached hydrogens (tertiary/aromatic N) is 1. The molecule has 0 aromatic heterocycles. The van der Waals surface area contributed by atoms with Gasteiger partial charge in [0.05, 0.1) is 12.3 Å². The van der Waals surface area contributed by atoms with Crippen LogP contribution in [0.3, 0.4) is 0 Å². The van der Waals surface area contributed by atoms with Crippen molar-refractivity contribution in [3.8, 4) is 5.75 Å². The van der Waals surface area contributed by atoms with Crippen LogP contribution in [0.1, 0.15) is 40.2 Å². The first-order valence-electron chi connectivity index (χ1n) is 6.55. The molecule has 0 radical (unpaired) electrons. The number of hydrazone groups is 1. The van der Waals surface area contributed by atoms with E-state index in [1.165, 1.54) is 6.21 Å². The minimum atomic E-state index is -0.587. The van der Waals surface area contributed by atoms with E-state index >= 15 is 0 Å². The highest BCUT2D eigenvalue weighted by Crippen LogP contribution is 2.17. The van der Waals surface area contributed by atoms with Crippen LogP contribution in [0.25, 0.3) is 0 Å². The minimum absolute atomic E-state index is 0.0726. The van der Waals surface area contributed by atoms with Crippen LogP contribution in [0, 0.1) is 0 Å². The second kappa shape index (κ2) is 6.93. The van der Waals surface area contributed by atoms with Gasteiger partial charge in [-0.15, -0.1) is 0 Å². The lowest BCUT2D eigenvalue weighted by Crippen LogP contribution is -2.29. The fourth-order valence-corrected chi connectivity index (χ4v) is 1.40. The summed E-state index contributed by atoms with van der Waals surface area (Å²) in [7, 11) is 0. The van der Waals surface area contributed by atoms with Gasteiger partial charge < -0.3 is 9.47 Å². The van der Waals surface area contributed by atoms with Gasteiger partial charge >= 0.3 is 6.09 Å². The number of ether oxygens (including phenoxy) is 2. The lowest BCUT2D eigenvalue weighted by molar-refractivity contribution is 0.0529. The molecule has 110 valence electrons. The Labute approximate surface area is 120 Å². The number of carbonyl (C=O) groups excluding carboxylic acids is 1. The topological polar surface area (TPSA) is 59.9 Å². The molecule has 0 aliphatic carbocycles. The maximum atomic E-state index is 11.4. The van der Waals surface area contributed by atoms with Crippen molar-refractivity contribution in [2.45, 2.75) is 46.3 Å². The third kappa shape index (κ3) is 6.22. The number of rotatable bonds is 4. The molecular weight excluding hydrogens is 256 g/mol. The summed E-state index contributed by atoms with van der Waals surface area (Å²) in [6.45, 7) is 9.28. The van der Waals surface area contributed by atoms with Crippen molar-refractivity contribution in [1.82, 2.24) is 5.43 Å². The number of hydrogen-bond donors (Lipinski definition) is 1. The fourth-order valence-electron chi connectivity index (χ4n) is 1.40. The highest BCUT2D eigenvalue weighted by atomic mass is 16.6. The first kappa shape index (κ1) is 16.0. The summed E-state index contributed by atoms with van der Waals surface area (Å²) in [5.41, 5.74) is 2.57. The average molecular weight is 278 g/mol. The first-order valence-corrected chi connectivity index (χ1v) is 6.55. The maximum absolute atomic E-state index is 11.4. The Kier molecular flexibility index (Phi) is 5.55. The molecule has 0 unspecified atom stereocenters. The van der Waals surface area contributed by atoms with E-state index in [4.69, 9.17) is 9.47 Å². The van der Waals surface area contributed by atoms with E-state index in [1.807, 2.05) is 38.1 Å². The lowest BCUT2D eigenvalue weighted by Gasteiger charge is -2.18. The van der Waals surface area contributed by atoms with Crippen LogP contribution in [0.5, 0.6) is 5.75 Å². The molecule has 20 heavy (non-hydrogen) atoms. The largest absolute Gasteiger partial charge is 0.490 e. The Balaban J connectivity index is 2.64. The molecule has 0 heterocycles. The van der Waals surface area contributed by atoms with Crippen LogP contribution < -0.4 is 10.2 Å². The van der Waals surface area contributed by atoms with E-state index in [0.29, 0.717) is 0 Å². The zero-order valence-corrected chi connectivity index (χ0v) is 12.6. The van der Waals surface area contributed by atoms with E-state index < -0.39 is 11.7 Å². The fraction of sp³-hybridized carbons (Fsp3) is 0.467. The summed E-state index contributed by atoms with van der Waals surface area (Å²) in [5, 5.41) is 3.86. The third-order valence-corrected chi connectivity index (χ3v) is 2.04. The summed E-state index contributed by atoms with van der Waals surface area (Å²) in [6.07, 6.45) is 1.01. The van der Waals surface area contributed by atoms with Gasteiger partial charge in [0.15, 0.2) is 0 Å². The lowest BCUT2D eigenvalue weighted by atomic mass is 10.2. The number of benzene rings is 1. The molecule has 0 atom stereocenters. The van der Waals surface area contributed by atoms with Crippen LogP contribution >= 0.6 is 0 Å². The molecular formula is C15H22N2O3. The minimum Gasteiger partial charge on any atom is -0.490 e. The van der Waals surface area contributed by atoms with Gasteiger partial charge in [-0.3, -0.25) is 0 Å². The molecule has 0 fully saturated rings. The molecule has 5 nitrogen and oxygen atoms in total. The molecule has 0 saturated heterocycles. The van der Waals surface area contributed by atoms with Gasteiger partial charge in [-0.2, -0.15) is 5.10 Å². The Bertz CT molecular complexity index is 476. The molecule has 1 amide bonds.